The van der Waals surface area contributed by atoms with Gasteiger partial charge < -0.3 is 34.2 Å². The van der Waals surface area contributed by atoms with Crippen molar-refractivity contribution in [3.05, 3.63) is 194 Å². The van der Waals surface area contributed by atoms with Gasteiger partial charge in [0, 0.05) is 19.3 Å². The van der Waals surface area contributed by atoms with E-state index in [-0.39, 0.29) is 19.3 Å². The van der Waals surface area contributed by atoms with E-state index in [9.17, 15) is 43.5 Å². The highest BCUT2D eigenvalue weighted by Gasteiger charge is 2.29. The number of allylic oxidation sites excluding steroid dienone is 32. The van der Waals surface area contributed by atoms with Gasteiger partial charge in [0.2, 0.25) is 0 Å². The molecule has 5 atom stereocenters. The number of hydrogen-bond acceptors (Lipinski definition) is 14. The first-order chi connectivity index (χ1) is 57.2. The quantitative estimate of drug-likeness (QED) is 0.0146. The topological polar surface area (TPSA) is 231 Å². The molecule has 0 bridgehead atoms. The van der Waals surface area contributed by atoms with E-state index in [2.05, 4.69) is 197 Å². The van der Waals surface area contributed by atoms with Gasteiger partial charge in [-0.1, -0.05) is 382 Å². The van der Waals surface area contributed by atoms with Crippen LogP contribution in [0.1, 0.15) is 355 Å². The molecule has 0 aromatic heterocycles. The zero-order valence-electron chi connectivity index (χ0n) is 73.3. The zero-order valence-corrected chi connectivity index (χ0v) is 75.1. The van der Waals surface area contributed by atoms with Crippen LogP contribution in [0, 0.1) is 0 Å². The highest BCUT2D eigenvalue weighted by Crippen LogP contribution is 2.45. The molecule has 0 spiro atoms. The largest absolute Gasteiger partial charge is 0.472 e. The van der Waals surface area contributed by atoms with E-state index in [1.54, 1.807) is 0 Å². The Morgan fingerprint density at radius 2 is 0.444 bits per heavy atom. The summed E-state index contributed by atoms with van der Waals surface area (Å²) in [5.41, 5.74) is 0. The van der Waals surface area contributed by atoms with Crippen molar-refractivity contribution in [3.8, 4) is 0 Å². The molecule has 0 saturated heterocycles. The highest BCUT2D eigenvalue weighted by molar-refractivity contribution is 7.47. The molecule has 117 heavy (non-hydrogen) atoms. The maximum absolute atomic E-state index is 13.0. The van der Waals surface area contributed by atoms with E-state index in [0.29, 0.717) is 25.7 Å². The SMILES string of the molecule is CC/C=C\C/C=C\C/C=C\C/C=C\C/C=C\C/C=C\CCC(=O)OC(COC(=O)CCCCCCCCCCCCCCC/C=C\C/C=C\C/C=C\C/C=C\C/C=C\CC)COP(=O)(O)OCC(O)COP(=O)(O)OCC(O)COC(=O)CCCCCCCCCCCCCCCCCCC/C=C\C/C=C\C/C=C\C/C=C\C/C=C\CC. The first-order valence-electron chi connectivity index (χ1n) is 45.7. The Morgan fingerprint density at radius 3 is 0.709 bits per heavy atom. The second-order valence-electron chi connectivity index (χ2n) is 30.0. The van der Waals surface area contributed by atoms with Crippen molar-refractivity contribution < 1.29 is 75.8 Å². The van der Waals surface area contributed by atoms with Gasteiger partial charge in [-0.3, -0.25) is 32.5 Å². The van der Waals surface area contributed by atoms with Gasteiger partial charge in [0.05, 0.1) is 26.4 Å². The van der Waals surface area contributed by atoms with Crippen LogP contribution in [0.3, 0.4) is 0 Å². The molecule has 666 valence electrons. The zero-order chi connectivity index (χ0) is 85.1. The van der Waals surface area contributed by atoms with Crippen LogP contribution in [0.5, 0.6) is 0 Å². The summed E-state index contributed by atoms with van der Waals surface area (Å²) in [6.07, 6.45) is 119. The van der Waals surface area contributed by atoms with Crippen molar-refractivity contribution in [2.24, 2.45) is 0 Å². The summed E-state index contributed by atoms with van der Waals surface area (Å²) in [5.74, 6) is -1.67. The molecule has 0 saturated carbocycles. The van der Waals surface area contributed by atoms with Crippen molar-refractivity contribution in [1.82, 2.24) is 0 Å². The molecule has 5 unspecified atom stereocenters. The monoisotopic (exact) mass is 1670 g/mol. The molecule has 0 amide bonds. The van der Waals surface area contributed by atoms with Gasteiger partial charge in [-0.2, -0.15) is 0 Å². The lowest BCUT2D eigenvalue weighted by Gasteiger charge is -2.21. The van der Waals surface area contributed by atoms with Crippen LogP contribution in [-0.4, -0.2) is 95.9 Å². The molecule has 0 radical (unpaired) electrons. The Labute approximate surface area is 712 Å². The molecule has 0 aliphatic heterocycles. The molecule has 0 aliphatic carbocycles. The summed E-state index contributed by atoms with van der Waals surface area (Å²) >= 11 is 0. The second kappa shape index (κ2) is 89.6. The summed E-state index contributed by atoms with van der Waals surface area (Å²) < 4.78 is 61.3. The Hall–Kier alpha value is -5.61. The van der Waals surface area contributed by atoms with Gasteiger partial charge in [-0.25, -0.2) is 9.13 Å². The summed E-state index contributed by atoms with van der Waals surface area (Å²) in [6.45, 7) is 2.28. The van der Waals surface area contributed by atoms with E-state index >= 15 is 0 Å². The number of rotatable bonds is 85. The number of aliphatic hydroxyl groups is 2. The lowest BCUT2D eigenvalue weighted by Crippen LogP contribution is -2.29. The number of carbonyl (C=O) groups excluding carboxylic acids is 3. The molecule has 0 heterocycles. The van der Waals surface area contributed by atoms with Gasteiger partial charge in [-0.15, -0.1) is 0 Å². The predicted molar refractivity (Wildman–Crippen MR) is 491 cm³/mol. The van der Waals surface area contributed by atoms with Gasteiger partial charge in [-0.05, 0) is 148 Å². The van der Waals surface area contributed by atoms with Crippen molar-refractivity contribution >= 4 is 33.6 Å². The summed E-state index contributed by atoms with van der Waals surface area (Å²) in [7, 11) is -9.84. The molecule has 4 N–H and O–H groups in total. The smallest absolute Gasteiger partial charge is 0.463 e. The van der Waals surface area contributed by atoms with Crippen LogP contribution < -0.4 is 0 Å². The Kier molecular flexibility index (Phi) is 85.3. The molecule has 0 aliphatic rings. The minimum absolute atomic E-state index is 0.0261. The lowest BCUT2D eigenvalue weighted by atomic mass is 10.0. The van der Waals surface area contributed by atoms with E-state index in [1.807, 2.05) is 18.2 Å². The number of carbonyl (C=O) groups is 3. The number of unbranched alkanes of at least 4 members (excludes halogenated alkanes) is 30. The van der Waals surface area contributed by atoms with Gasteiger partial charge in [0.25, 0.3) is 0 Å². The molecule has 0 aromatic carbocycles. The van der Waals surface area contributed by atoms with Gasteiger partial charge in [0.1, 0.15) is 25.4 Å². The number of hydrogen-bond donors (Lipinski definition) is 4. The van der Waals surface area contributed by atoms with E-state index in [4.69, 9.17) is 32.3 Å². The maximum atomic E-state index is 13.0. The average Bonchev–Trinajstić information content (AvgIpc) is 0.898. The number of esters is 3. The van der Waals surface area contributed by atoms with E-state index in [0.717, 1.165) is 148 Å². The normalized spacial score (nSPS) is 14.7. The molecular weight excluding hydrogens is 1510 g/mol. The maximum Gasteiger partial charge on any atom is 0.472 e. The minimum atomic E-state index is -4.96. The Bertz CT molecular complexity index is 2910. The van der Waals surface area contributed by atoms with Crippen LogP contribution in [0.15, 0.2) is 194 Å². The van der Waals surface area contributed by atoms with Crippen molar-refractivity contribution in [3.63, 3.8) is 0 Å². The van der Waals surface area contributed by atoms with Gasteiger partial charge >= 0.3 is 33.6 Å². The third-order valence-corrected chi connectivity index (χ3v) is 20.7. The first-order valence-corrected chi connectivity index (χ1v) is 48.7. The third-order valence-electron chi connectivity index (χ3n) is 18.8. The van der Waals surface area contributed by atoms with Crippen molar-refractivity contribution in [2.45, 2.75) is 373 Å². The van der Waals surface area contributed by atoms with Crippen LogP contribution >= 0.6 is 15.6 Å². The third kappa shape index (κ3) is 91.0. The molecule has 16 nitrogen and oxygen atoms in total. The molecular formula is C99H164O16P2. The average molecular weight is 1670 g/mol. The summed E-state index contributed by atoms with van der Waals surface area (Å²) in [6, 6.07) is 0. The van der Waals surface area contributed by atoms with Crippen molar-refractivity contribution in [2.75, 3.05) is 39.6 Å². The summed E-state index contributed by atoms with van der Waals surface area (Å²) in [4.78, 5) is 58.9. The predicted octanol–water partition coefficient (Wildman–Crippen LogP) is 28.2. The van der Waals surface area contributed by atoms with E-state index in [1.165, 1.54) is 141 Å². The number of phosphoric acid groups is 2. The fraction of sp³-hybridized carbons (Fsp3) is 0.646. The van der Waals surface area contributed by atoms with Crippen molar-refractivity contribution in [1.29, 1.82) is 0 Å². The molecule has 0 rings (SSSR count). The van der Waals surface area contributed by atoms with Crippen LogP contribution in [0.4, 0.5) is 0 Å². The van der Waals surface area contributed by atoms with E-state index < -0.39 is 91.5 Å². The second-order valence-corrected chi connectivity index (χ2v) is 32.9. The molecule has 0 fully saturated rings. The Morgan fingerprint density at radius 1 is 0.239 bits per heavy atom. The highest BCUT2D eigenvalue weighted by atomic mass is 31.2. The molecule has 0 aromatic rings. The number of phosphoric ester groups is 2. The number of aliphatic hydroxyl groups excluding tert-OH is 2. The summed E-state index contributed by atoms with van der Waals surface area (Å²) in [5, 5.41) is 20.7. The standard InChI is InChI=1S/C99H164O16P2/c1-4-7-10-13-16-19-22-25-28-31-34-36-38-40-42-44-45-46-47-49-51-52-54-56-59-61-64-67-70-73-76-79-82-85-97(102)109-88-94(100)89-111-116(105,106)112-90-95(101)91-113-117(107,108)114-93-96(115-99(104)87-84-81-78-75-72-69-66-63-58-33-30-27-24-21-18-15-12-9-6-3)92-110-98(103)86-83-80-77-74-71-68-65-62-60-57-55-53-50-48-43-41-39-37-35-32-29-26-23-20-17-14-11-8-5-2/h7-12,16-21,25-30,34-37,40-43,58,63,69,72,78,81,94-96,100-101H,4-6,13-15,22-24,31-33,38-39,44-57,59-62,64-68,70-71,73-77,79-80,82-93H2,1-3H3,(H,105,106)(H,107,108)/b10-7-,11-8-,12-9-,19-16-,20-17-,21-18-,28-25-,29-26-,30-27-,36-34-,37-35-,42-40-,43-41-,63-58-,72-69-,81-78-. The fourth-order valence-corrected chi connectivity index (χ4v) is 13.6. The lowest BCUT2D eigenvalue weighted by molar-refractivity contribution is -0.161. The van der Waals surface area contributed by atoms with Crippen LogP contribution in [0.2, 0.25) is 0 Å². The van der Waals surface area contributed by atoms with Crippen LogP contribution in [0.25, 0.3) is 0 Å². The fourth-order valence-electron chi connectivity index (χ4n) is 12.0. The minimum Gasteiger partial charge on any atom is -0.463 e. The first kappa shape index (κ1) is 111. The van der Waals surface area contributed by atoms with Gasteiger partial charge in [0.15, 0.2) is 6.10 Å². The molecule has 18 heteroatoms. The Balaban J connectivity index is 4.57. The van der Waals surface area contributed by atoms with Crippen LogP contribution in [-0.2, 0) is 55.8 Å². The number of ether oxygens (including phenoxy) is 3.